The van der Waals surface area contributed by atoms with E-state index in [1.165, 1.54) is 22.7 Å². The normalized spacial score (nSPS) is 15.8. The van der Waals surface area contributed by atoms with E-state index in [-0.39, 0.29) is 30.7 Å². The molecule has 23 heavy (non-hydrogen) atoms. The lowest BCUT2D eigenvalue weighted by atomic mass is 10.2. The maximum atomic E-state index is 12.0. The quantitative estimate of drug-likeness (QED) is 0.626. The molecule has 1 saturated heterocycles. The zero-order valence-electron chi connectivity index (χ0n) is 12.8. The van der Waals surface area contributed by atoms with E-state index in [0.29, 0.717) is 11.6 Å². The number of carbonyl (C=O) groups is 3. The molecule has 0 aliphatic carbocycles. The fourth-order valence-electron chi connectivity index (χ4n) is 1.98. The summed E-state index contributed by atoms with van der Waals surface area (Å²) in [5.74, 6) is -0.767. The molecule has 0 atom stereocenters. The van der Waals surface area contributed by atoms with Crippen molar-refractivity contribution in [2.75, 3.05) is 18.9 Å². The maximum absolute atomic E-state index is 12.0. The zero-order chi connectivity index (χ0) is 16.7. The SMILES string of the molecule is CCOC(=O)/C=C1/SCC(=O)N1CC(=O)NCc1ccccc1. The number of amides is 2. The van der Waals surface area contributed by atoms with Crippen molar-refractivity contribution in [3.8, 4) is 0 Å². The van der Waals surface area contributed by atoms with Gasteiger partial charge < -0.3 is 10.1 Å². The van der Waals surface area contributed by atoms with Crippen LogP contribution in [0.5, 0.6) is 0 Å². The van der Waals surface area contributed by atoms with Gasteiger partial charge in [-0.1, -0.05) is 42.1 Å². The van der Waals surface area contributed by atoms with Crippen LogP contribution in [-0.2, 0) is 25.7 Å². The van der Waals surface area contributed by atoms with Crippen molar-refractivity contribution in [2.24, 2.45) is 0 Å². The van der Waals surface area contributed by atoms with Gasteiger partial charge in [0.05, 0.1) is 23.5 Å². The summed E-state index contributed by atoms with van der Waals surface area (Å²) >= 11 is 1.23. The number of benzene rings is 1. The molecule has 0 spiro atoms. The van der Waals surface area contributed by atoms with Crippen molar-refractivity contribution in [1.29, 1.82) is 0 Å². The first-order valence-electron chi connectivity index (χ1n) is 7.22. The van der Waals surface area contributed by atoms with Gasteiger partial charge in [0, 0.05) is 6.54 Å². The Morgan fingerprint density at radius 3 is 2.78 bits per heavy atom. The Hall–Kier alpha value is -2.28. The largest absolute Gasteiger partial charge is 0.463 e. The minimum atomic E-state index is -0.514. The van der Waals surface area contributed by atoms with E-state index in [2.05, 4.69) is 5.32 Å². The van der Waals surface area contributed by atoms with E-state index in [4.69, 9.17) is 4.74 Å². The average Bonchev–Trinajstić information content (AvgIpc) is 2.87. The Kier molecular flexibility index (Phi) is 6.22. The van der Waals surface area contributed by atoms with Crippen molar-refractivity contribution >= 4 is 29.5 Å². The summed E-state index contributed by atoms with van der Waals surface area (Å²) in [6.07, 6.45) is 1.25. The van der Waals surface area contributed by atoms with Gasteiger partial charge in [-0.15, -0.1) is 0 Å². The Labute approximate surface area is 138 Å². The maximum Gasteiger partial charge on any atom is 0.333 e. The zero-order valence-corrected chi connectivity index (χ0v) is 13.6. The third-order valence-electron chi connectivity index (χ3n) is 3.07. The van der Waals surface area contributed by atoms with Crippen LogP contribution < -0.4 is 5.32 Å². The van der Waals surface area contributed by atoms with Gasteiger partial charge in [-0.25, -0.2) is 4.79 Å². The Balaban J connectivity index is 1.92. The van der Waals surface area contributed by atoms with Crippen LogP contribution in [0.15, 0.2) is 41.4 Å². The lowest BCUT2D eigenvalue weighted by Gasteiger charge is -2.16. The number of nitrogens with one attached hydrogen (secondary N) is 1. The van der Waals surface area contributed by atoms with E-state index >= 15 is 0 Å². The minimum Gasteiger partial charge on any atom is -0.463 e. The summed E-state index contributed by atoms with van der Waals surface area (Å²) in [5.41, 5.74) is 0.977. The molecule has 1 aromatic carbocycles. The molecule has 0 radical (unpaired) electrons. The van der Waals surface area contributed by atoms with Gasteiger partial charge in [-0.2, -0.15) is 0 Å². The summed E-state index contributed by atoms with van der Waals surface area (Å²) in [5, 5.41) is 3.21. The molecule has 7 heteroatoms. The molecule has 1 aliphatic heterocycles. The number of hydrogen-bond donors (Lipinski definition) is 1. The molecule has 0 saturated carbocycles. The van der Waals surface area contributed by atoms with Crippen LogP contribution in [-0.4, -0.2) is 41.6 Å². The van der Waals surface area contributed by atoms with Crippen LogP contribution in [0, 0.1) is 0 Å². The monoisotopic (exact) mass is 334 g/mol. The van der Waals surface area contributed by atoms with Crippen LogP contribution >= 0.6 is 11.8 Å². The van der Waals surface area contributed by atoms with Crippen LogP contribution in [0.25, 0.3) is 0 Å². The molecule has 2 amide bonds. The fraction of sp³-hybridized carbons (Fsp3) is 0.312. The molecule has 2 rings (SSSR count). The van der Waals surface area contributed by atoms with E-state index in [1.807, 2.05) is 30.3 Å². The Morgan fingerprint density at radius 1 is 1.35 bits per heavy atom. The first-order valence-corrected chi connectivity index (χ1v) is 8.21. The van der Waals surface area contributed by atoms with Crippen molar-refractivity contribution in [2.45, 2.75) is 13.5 Å². The third kappa shape index (κ3) is 5.14. The average molecular weight is 334 g/mol. The van der Waals surface area contributed by atoms with Crippen molar-refractivity contribution in [3.63, 3.8) is 0 Å². The molecule has 1 aromatic rings. The number of rotatable bonds is 6. The van der Waals surface area contributed by atoms with Gasteiger partial charge in [0.2, 0.25) is 11.8 Å². The first-order chi connectivity index (χ1) is 11.1. The van der Waals surface area contributed by atoms with Gasteiger partial charge in [0.25, 0.3) is 0 Å². The van der Waals surface area contributed by atoms with E-state index in [1.54, 1.807) is 6.92 Å². The first kappa shape index (κ1) is 17.1. The van der Waals surface area contributed by atoms with Crippen molar-refractivity contribution in [1.82, 2.24) is 10.2 Å². The van der Waals surface area contributed by atoms with Gasteiger partial charge >= 0.3 is 5.97 Å². The molecule has 1 aliphatic rings. The number of ether oxygens (including phenoxy) is 1. The lowest BCUT2D eigenvalue weighted by Crippen LogP contribution is -2.37. The molecule has 1 heterocycles. The van der Waals surface area contributed by atoms with Crippen LogP contribution in [0.1, 0.15) is 12.5 Å². The number of thioether (sulfide) groups is 1. The summed E-state index contributed by atoms with van der Waals surface area (Å²) in [6, 6.07) is 9.50. The summed E-state index contributed by atoms with van der Waals surface area (Å²) in [7, 11) is 0. The molecule has 0 unspecified atom stereocenters. The molecule has 0 bridgehead atoms. The third-order valence-corrected chi connectivity index (χ3v) is 4.10. The van der Waals surface area contributed by atoms with Crippen molar-refractivity contribution < 1.29 is 19.1 Å². The van der Waals surface area contributed by atoms with Crippen molar-refractivity contribution in [3.05, 3.63) is 47.0 Å². The van der Waals surface area contributed by atoms with Gasteiger partial charge in [-0.3, -0.25) is 14.5 Å². The fourth-order valence-corrected chi connectivity index (χ4v) is 2.91. The Bertz CT molecular complexity index is 616. The number of carbonyl (C=O) groups excluding carboxylic acids is 3. The Morgan fingerprint density at radius 2 is 2.09 bits per heavy atom. The highest BCUT2D eigenvalue weighted by atomic mass is 32.2. The van der Waals surface area contributed by atoms with Gasteiger partial charge in [0.15, 0.2) is 0 Å². The summed E-state index contributed by atoms with van der Waals surface area (Å²) < 4.78 is 4.83. The number of hydrogen-bond acceptors (Lipinski definition) is 5. The number of nitrogens with zero attached hydrogens (tertiary/aromatic N) is 1. The highest BCUT2D eigenvalue weighted by Gasteiger charge is 2.29. The summed E-state index contributed by atoms with van der Waals surface area (Å²) in [4.78, 5) is 36.7. The molecule has 0 aromatic heterocycles. The molecular formula is C16H18N2O4S. The second kappa shape index (κ2) is 8.38. The second-order valence-electron chi connectivity index (χ2n) is 4.77. The predicted octanol–water partition coefficient (Wildman–Crippen LogP) is 1.28. The standard InChI is InChI=1S/C16H18N2O4S/c1-2-22-16(21)8-15-18(14(20)11-23-15)10-13(19)17-9-12-6-4-3-5-7-12/h3-8H,2,9-11H2,1H3,(H,17,19)/b15-8+. The number of esters is 1. The van der Waals surface area contributed by atoms with Gasteiger partial charge in [0.1, 0.15) is 6.54 Å². The molecular weight excluding hydrogens is 316 g/mol. The lowest BCUT2D eigenvalue weighted by molar-refractivity contribution is -0.137. The molecule has 6 nitrogen and oxygen atoms in total. The van der Waals surface area contributed by atoms with E-state index in [0.717, 1.165) is 5.56 Å². The topological polar surface area (TPSA) is 75.7 Å². The second-order valence-corrected chi connectivity index (χ2v) is 5.76. The molecule has 122 valence electrons. The smallest absolute Gasteiger partial charge is 0.333 e. The highest BCUT2D eigenvalue weighted by Crippen LogP contribution is 2.28. The van der Waals surface area contributed by atoms with E-state index in [9.17, 15) is 14.4 Å². The highest BCUT2D eigenvalue weighted by molar-refractivity contribution is 8.04. The van der Waals surface area contributed by atoms with Crippen LogP contribution in [0.2, 0.25) is 0 Å². The van der Waals surface area contributed by atoms with E-state index < -0.39 is 5.97 Å². The van der Waals surface area contributed by atoms with Crippen LogP contribution in [0.3, 0.4) is 0 Å². The molecule has 1 fully saturated rings. The predicted molar refractivity (Wildman–Crippen MR) is 87.2 cm³/mol. The molecule has 1 N–H and O–H groups in total. The van der Waals surface area contributed by atoms with Crippen LogP contribution in [0.4, 0.5) is 0 Å². The van der Waals surface area contributed by atoms with Gasteiger partial charge in [-0.05, 0) is 12.5 Å². The summed E-state index contributed by atoms with van der Waals surface area (Å²) in [6.45, 7) is 2.26. The minimum absolute atomic E-state index is 0.107.